The molecule has 140 valence electrons. The average Bonchev–Trinajstić information content (AvgIpc) is 2.69. The molecule has 1 atom stereocenters. The van der Waals surface area contributed by atoms with Crippen LogP contribution in [-0.2, 0) is 0 Å². The zero-order valence-electron chi connectivity index (χ0n) is 15.5. The van der Waals surface area contributed by atoms with E-state index in [0.29, 0.717) is 17.0 Å². The van der Waals surface area contributed by atoms with Gasteiger partial charge in [-0.15, -0.1) is 0 Å². The predicted molar refractivity (Wildman–Crippen MR) is 107 cm³/mol. The molecule has 2 aromatic rings. The largest absolute Gasteiger partial charge is 0.348 e. The number of hydrogen-bond donors (Lipinski definition) is 1. The lowest BCUT2D eigenvalue weighted by Gasteiger charge is -2.44. The highest BCUT2D eigenvalue weighted by molar-refractivity contribution is 7.99. The number of nitrogens with zero attached hydrogens (tertiary/aromatic N) is 1. The van der Waals surface area contributed by atoms with Gasteiger partial charge in [-0.25, -0.2) is 0 Å². The molecular weight excluding hydrogens is 356 g/mol. The molecule has 2 aromatic carbocycles. The van der Waals surface area contributed by atoms with Crippen molar-refractivity contribution in [3.63, 3.8) is 0 Å². The number of ketones is 1. The van der Waals surface area contributed by atoms with Crippen molar-refractivity contribution < 1.29 is 9.59 Å². The fraction of sp³-hybridized carbons (Fsp3) is 0.364. The predicted octanol–water partition coefficient (Wildman–Crippen LogP) is 3.86. The summed E-state index contributed by atoms with van der Waals surface area (Å²) in [7, 11) is 0. The third kappa shape index (κ3) is 4.25. The molecule has 0 radical (unpaired) electrons. The Kier molecular flexibility index (Phi) is 5.32. The van der Waals surface area contributed by atoms with Gasteiger partial charge >= 0.3 is 0 Å². The van der Waals surface area contributed by atoms with Gasteiger partial charge in [0.1, 0.15) is 0 Å². The second-order valence-corrected chi connectivity index (χ2v) is 8.58. The molecule has 0 saturated carbocycles. The second-order valence-electron chi connectivity index (χ2n) is 7.43. The summed E-state index contributed by atoms with van der Waals surface area (Å²) in [4.78, 5) is 28.6. The van der Waals surface area contributed by atoms with E-state index in [2.05, 4.69) is 10.2 Å². The van der Waals surface area contributed by atoms with Crippen molar-refractivity contribution in [1.29, 1.82) is 0 Å². The van der Waals surface area contributed by atoms with E-state index in [4.69, 9.17) is 0 Å². The third-order valence-corrected chi connectivity index (χ3v) is 6.56. The number of carbonyl (C=O) groups is 2. The van der Waals surface area contributed by atoms with Gasteiger partial charge in [0.15, 0.2) is 5.78 Å². The van der Waals surface area contributed by atoms with Crippen LogP contribution in [0.25, 0.3) is 0 Å². The van der Waals surface area contributed by atoms with Crippen LogP contribution in [0.1, 0.15) is 40.5 Å². The molecule has 4 nitrogen and oxygen atoms in total. The number of nitrogens with one attached hydrogen (secondary N) is 1. The molecule has 3 fully saturated rings. The van der Waals surface area contributed by atoms with Crippen molar-refractivity contribution in [3.8, 4) is 0 Å². The molecule has 3 saturated heterocycles. The Labute approximate surface area is 164 Å². The number of fused-ring (bicyclic) bond motifs is 3. The monoisotopic (exact) mass is 380 g/mol. The fourth-order valence-electron chi connectivity index (χ4n) is 3.97. The Morgan fingerprint density at radius 2 is 1.74 bits per heavy atom. The summed E-state index contributed by atoms with van der Waals surface area (Å²) in [6.07, 6.45) is 2.39. The SMILES string of the molecule is CC(=O)c1cccc(Sc2ccc(C(=O)NC3CN4CCC3CC4)cc2)c1. The summed E-state index contributed by atoms with van der Waals surface area (Å²) < 4.78 is 0. The molecule has 1 unspecified atom stereocenters. The molecule has 1 amide bonds. The quantitative estimate of drug-likeness (QED) is 0.800. The van der Waals surface area contributed by atoms with E-state index < -0.39 is 0 Å². The Morgan fingerprint density at radius 3 is 2.37 bits per heavy atom. The van der Waals surface area contributed by atoms with Crippen molar-refractivity contribution in [3.05, 3.63) is 59.7 Å². The highest BCUT2D eigenvalue weighted by atomic mass is 32.2. The number of benzene rings is 2. The third-order valence-electron chi connectivity index (χ3n) is 5.57. The number of carbonyl (C=O) groups excluding carboxylic acids is 2. The lowest BCUT2D eigenvalue weighted by molar-refractivity contribution is 0.0620. The minimum Gasteiger partial charge on any atom is -0.348 e. The van der Waals surface area contributed by atoms with E-state index in [1.807, 2.05) is 48.5 Å². The zero-order valence-corrected chi connectivity index (χ0v) is 16.3. The van der Waals surface area contributed by atoms with Crippen molar-refractivity contribution in [2.24, 2.45) is 5.92 Å². The maximum atomic E-state index is 12.6. The number of Topliss-reactive ketones (excluding diaryl/α,β-unsaturated/α-hetero) is 1. The van der Waals surface area contributed by atoms with E-state index in [9.17, 15) is 9.59 Å². The molecule has 27 heavy (non-hydrogen) atoms. The van der Waals surface area contributed by atoms with Crippen LogP contribution in [0.5, 0.6) is 0 Å². The van der Waals surface area contributed by atoms with E-state index in [-0.39, 0.29) is 17.7 Å². The van der Waals surface area contributed by atoms with Crippen LogP contribution in [-0.4, -0.2) is 42.3 Å². The number of rotatable bonds is 5. The van der Waals surface area contributed by atoms with Crippen LogP contribution in [0, 0.1) is 5.92 Å². The summed E-state index contributed by atoms with van der Waals surface area (Å²) in [5.41, 5.74) is 1.42. The molecule has 3 aliphatic rings. The first kappa shape index (κ1) is 18.3. The summed E-state index contributed by atoms with van der Waals surface area (Å²) in [6, 6.07) is 15.6. The van der Waals surface area contributed by atoms with Gasteiger partial charge in [-0.1, -0.05) is 23.9 Å². The van der Waals surface area contributed by atoms with Gasteiger partial charge in [0.2, 0.25) is 0 Å². The summed E-state index contributed by atoms with van der Waals surface area (Å²) >= 11 is 1.59. The molecule has 1 N–H and O–H groups in total. The molecule has 5 heteroatoms. The van der Waals surface area contributed by atoms with Crippen LogP contribution >= 0.6 is 11.8 Å². The van der Waals surface area contributed by atoms with E-state index in [1.54, 1.807) is 18.7 Å². The van der Waals surface area contributed by atoms with Crippen molar-refractivity contribution in [2.75, 3.05) is 19.6 Å². The van der Waals surface area contributed by atoms with Gasteiger partial charge in [0.05, 0.1) is 0 Å². The van der Waals surface area contributed by atoms with Crippen LogP contribution in [0.15, 0.2) is 58.3 Å². The Bertz CT molecular complexity index is 842. The smallest absolute Gasteiger partial charge is 0.251 e. The van der Waals surface area contributed by atoms with Gasteiger partial charge in [-0.3, -0.25) is 9.59 Å². The molecule has 3 aliphatic heterocycles. The standard InChI is InChI=1S/C22H24N2O2S/c1-15(25)18-3-2-4-20(13-18)27-19-7-5-17(6-8-19)22(26)23-21-14-24-11-9-16(21)10-12-24/h2-8,13,16,21H,9-12,14H2,1H3,(H,23,26). The summed E-state index contributed by atoms with van der Waals surface area (Å²) in [5, 5.41) is 3.23. The van der Waals surface area contributed by atoms with Crippen molar-refractivity contribution in [2.45, 2.75) is 35.6 Å². The van der Waals surface area contributed by atoms with Crippen molar-refractivity contribution in [1.82, 2.24) is 10.2 Å². The normalized spacial score (nSPS) is 23.8. The van der Waals surface area contributed by atoms with E-state index >= 15 is 0 Å². The van der Waals surface area contributed by atoms with Crippen molar-refractivity contribution >= 4 is 23.5 Å². The molecule has 3 heterocycles. The maximum Gasteiger partial charge on any atom is 0.251 e. The number of piperidine rings is 3. The highest BCUT2D eigenvalue weighted by Gasteiger charge is 2.34. The molecule has 0 aromatic heterocycles. The van der Waals surface area contributed by atoms with Crippen LogP contribution in [0.4, 0.5) is 0 Å². The second kappa shape index (κ2) is 7.87. The Hall–Kier alpha value is -2.11. The first-order valence-electron chi connectivity index (χ1n) is 9.50. The Balaban J connectivity index is 1.39. The summed E-state index contributed by atoms with van der Waals surface area (Å²) in [6.45, 7) is 4.91. The molecular formula is C22H24N2O2S. The minimum atomic E-state index is 0.0175. The highest BCUT2D eigenvalue weighted by Crippen LogP contribution is 2.29. The fourth-order valence-corrected chi connectivity index (χ4v) is 4.85. The minimum absolute atomic E-state index is 0.0175. The maximum absolute atomic E-state index is 12.6. The molecule has 0 aliphatic carbocycles. The topological polar surface area (TPSA) is 49.4 Å². The van der Waals surface area contributed by atoms with Gasteiger partial charge in [0.25, 0.3) is 5.91 Å². The zero-order chi connectivity index (χ0) is 18.8. The average molecular weight is 381 g/mol. The van der Waals surface area contributed by atoms with E-state index in [0.717, 1.165) is 16.3 Å². The lowest BCUT2D eigenvalue weighted by atomic mass is 9.84. The van der Waals surface area contributed by atoms with Crippen LogP contribution in [0.2, 0.25) is 0 Å². The first-order valence-corrected chi connectivity index (χ1v) is 10.3. The number of hydrogen-bond acceptors (Lipinski definition) is 4. The van der Waals surface area contributed by atoms with E-state index in [1.165, 1.54) is 25.9 Å². The van der Waals surface area contributed by atoms with Gasteiger partial charge in [-0.2, -0.15) is 0 Å². The first-order chi connectivity index (χ1) is 13.1. The van der Waals surface area contributed by atoms with Crippen LogP contribution < -0.4 is 5.32 Å². The molecule has 2 bridgehead atoms. The van der Waals surface area contributed by atoms with Crippen LogP contribution in [0.3, 0.4) is 0 Å². The Morgan fingerprint density at radius 1 is 1.00 bits per heavy atom. The lowest BCUT2D eigenvalue weighted by Crippen LogP contribution is -2.57. The molecule has 0 spiro atoms. The van der Waals surface area contributed by atoms with Gasteiger partial charge < -0.3 is 10.2 Å². The number of amides is 1. The van der Waals surface area contributed by atoms with Gasteiger partial charge in [-0.05, 0) is 75.2 Å². The summed E-state index contributed by atoms with van der Waals surface area (Å²) in [5.74, 6) is 0.711. The molecule has 5 rings (SSSR count). The van der Waals surface area contributed by atoms with Gasteiger partial charge in [0, 0.05) is 33.5 Å².